The van der Waals surface area contributed by atoms with Gasteiger partial charge in [0.25, 0.3) is 0 Å². The van der Waals surface area contributed by atoms with Crippen molar-refractivity contribution in [3.63, 3.8) is 0 Å². The minimum Gasteiger partial charge on any atom is -0.383 e. The Morgan fingerprint density at radius 2 is 2.11 bits per heavy atom. The molecule has 1 unspecified atom stereocenters. The molecule has 0 bridgehead atoms. The number of benzene rings is 1. The Morgan fingerprint density at radius 3 is 2.74 bits per heavy atom. The van der Waals surface area contributed by atoms with Gasteiger partial charge in [0.2, 0.25) is 10.0 Å². The van der Waals surface area contributed by atoms with Gasteiger partial charge in [-0.15, -0.1) is 0 Å². The van der Waals surface area contributed by atoms with E-state index in [1.54, 1.807) is 0 Å². The van der Waals surface area contributed by atoms with Crippen LogP contribution >= 0.6 is 0 Å². The summed E-state index contributed by atoms with van der Waals surface area (Å²) < 4.78 is 25.5. The lowest BCUT2D eigenvalue weighted by Crippen LogP contribution is -2.31. The fourth-order valence-electron chi connectivity index (χ4n) is 4.25. The molecule has 2 atom stereocenters. The summed E-state index contributed by atoms with van der Waals surface area (Å²) in [7, 11) is 0.725. The van der Waals surface area contributed by atoms with Crippen molar-refractivity contribution in [3.8, 4) is 11.4 Å². The molecule has 8 nitrogen and oxygen atoms in total. The van der Waals surface area contributed by atoms with Crippen LogP contribution in [0.2, 0.25) is 0 Å². The highest BCUT2D eigenvalue weighted by Gasteiger charge is 2.29. The molecule has 35 heavy (non-hydrogen) atoms. The SMILES string of the molecule is C=C/C(=C\N(C)C)c1cccc(-c2ncc(C3=CC(C)N=C3)c(N[C@H]3CCN(S(C)(=O)=O)C3)n2)c1. The van der Waals surface area contributed by atoms with Crippen molar-refractivity contribution in [1.29, 1.82) is 0 Å². The third kappa shape index (κ3) is 5.86. The molecule has 2 aromatic rings. The van der Waals surface area contributed by atoms with Crippen LogP contribution in [0.3, 0.4) is 0 Å². The van der Waals surface area contributed by atoms with Crippen LogP contribution in [-0.4, -0.2) is 79.3 Å². The van der Waals surface area contributed by atoms with E-state index in [0.29, 0.717) is 31.2 Å². The van der Waals surface area contributed by atoms with Crippen molar-refractivity contribution in [2.75, 3.05) is 38.8 Å². The van der Waals surface area contributed by atoms with E-state index in [4.69, 9.17) is 4.98 Å². The molecular weight excluding hydrogens is 460 g/mol. The zero-order chi connectivity index (χ0) is 25.2. The van der Waals surface area contributed by atoms with E-state index in [0.717, 1.165) is 27.8 Å². The quantitative estimate of drug-likeness (QED) is 0.567. The Balaban J connectivity index is 1.70. The van der Waals surface area contributed by atoms with Crippen LogP contribution in [0, 0.1) is 0 Å². The molecule has 0 radical (unpaired) electrons. The van der Waals surface area contributed by atoms with Crippen LogP contribution in [0.5, 0.6) is 0 Å². The Bertz CT molecular complexity index is 1310. The Hall–Kier alpha value is -3.30. The molecule has 3 heterocycles. The van der Waals surface area contributed by atoms with Gasteiger partial charge in [0.05, 0.1) is 12.3 Å². The molecule has 0 aliphatic carbocycles. The van der Waals surface area contributed by atoms with Gasteiger partial charge < -0.3 is 10.2 Å². The first-order valence-electron chi connectivity index (χ1n) is 11.6. The minimum absolute atomic E-state index is 0.0377. The number of nitrogens with zero attached hydrogens (tertiary/aromatic N) is 5. The third-order valence-corrected chi connectivity index (χ3v) is 7.27. The average Bonchev–Trinajstić information content (AvgIpc) is 3.46. The molecule has 1 saturated heterocycles. The number of allylic oxidation sites excluding steroid dienone is 3. The Kier molecular flexibility index (Phi) is 7.18. The number of anilines is 1. The number of hydrogen-bond donors (Lipinski definition) is 1. The molecule has 4 rings (SSSR count). The number of aromatic nitrogens is 2. The number of aliphatic imine (C=N–C) groups is 1. The van der Waals surface area contributed by atoms with Gasteiger partial charge in [-0.05, 0) is 30.5 Å². The van der Waals surface area contributed by atoms with E-state index in [1.165, 1.54) is 10.6 Å². The van der Waals surface area contributed by atoms with Crippen LogP contribution in [0.1, 0.15) is 24.5 Å². The molecule has 184 valence electrons. The van der Waals surface area contributed by atoms with Gasteiger partial charge in [-0.3, -0.25) is 4.99 Å². The fourth-order valence-corrected chi connectivity index (χ4v) is 5.13. The van der Waals surface area contributed by atoms with Crippen molar-refractivity contribution in [3.05, 3.63) is 66.5 Å². The fraction of sp³-hybridized carbons (Fsp3) is 0.346. The summed E-state index contributed by atoms with van der Waals surface area (Å²) in [6.45, 7) is 6.88. The second-order valence-electron chi connectivity index (χ2n) is 9.18. The number of rotatable bonds is 8. The maximum Gasteiger partial charge on any atom is 0.211 e. The van der Waals surface area contributed by atoms with Crippen LogP contribution in [0.15, 0.2) is 60.4 Å². The molecule has 1 aromatic carbocycles. The lowest BCUT2D eigenvalue weighted by molar-refractivity contribution is 0.480. The van der Waals surface area contributed by atoms with Crippen molar-refractivity contribution >= 4 is 33.2 Å². The Labute approximate surface area is 207 Å². The van der Waals surface area contributed by atoms with E-state index < -0.39 is 10.0 Å². The monoisotopic (exact) mass is 492 g/mol. The highest BCUT2D eigenvalue weighted by molar-refractivity contribution is 7.88. The lowest BCUT2D eigenvalue weighted by Gasteiger charge is -2.18. The molecule has 0 saturated carbocycles. The summed E-state index contributed by atoms with van der Waals surface area (Å²) in [5, 5.41) is 3.49. The van der Waals surface area contributed by atoms with Gasteiger partial charge in [-0.1, -0.05) is 36.9 Å². The molecule has 1 N–H and O–H groups in total. The van der Waals surface area contributed by atoms with Crippen LogP contribution in [0.25, 0.3) is 22.5 Å². The van der Waals surface area contributed by atoms with Crippen LogP contribution < -0.4 is 5.32 Å². The highest BCUT2D eigenvalue weighted by atomic mass is 32.2. The second-order valence-corrected chi connectivity index (χ2v) is 11.2. The average molecular weight is 493 g/mol. The predicted molar refractivity (Wildman–Crippen MR) is 144 cm³/mol. The van der Waals surface area contributed by atoms with Gasteiger partial charge >= 0.3 is 0 Å². The lowest BCUT2D eigenvalue weighted by atomic mass is 10.0. The largest absolute Gasteiger partial charge is 0.383 e. The normalized spacial score (nSPS) is 20.7. The summed E-state index contributed by atoms with van der Waals surface area (Å²) in [5.74, 6) is 1.27. The minimum atomic E-state index is -3.22. The standard InChI is InChI=1S/C26H32N6O2S/c1-6-19(16-31(3)4)20-8-7-9-21(13-20)25-28-15-24(22-12-18(2)27-14-22)26(30-25)29-23-10-11-32(17-23)35(5,33)34/h6-9,12-16,18,23H,1,10-11,17H2,2-5H3,(H,28,29,30)/b19-16+/t18?,23-/m0/s1. The molecule has 0 spiro atoms. The van der Waals surface area contributed by atoms with E-state index in [-0.39, 0.29) is 12.1 Å². The molecule has 9 heteroatoms. The summed E-state index contributed by atoms with van der Waals surface area (Å²) in [4.78, 5) is 16.0. The number of nitrogens with one attached hydrogen (secondary N) is 1. The summed E-state index contributed by atoms with van der Waals surface area (Å²) in [6, 6.07) is 8.11. The van der Waals surface area contributed by atoms with Gasteiger partial charge in [0.1, 0.15) is 5.82 Å². The zero-order valence-electron chi connectivity index (χ0n) is 20.6. The zero-order valence-corrected chi connectivity index (χ0v) is 21.5. The molecule has 2 aliphatic rings. The summed E-state index contributed by atoms with van der Waals surface area (Å²) in [5.41, 5.74) is 4.72. The van der Waals surface area contributed by atoms with Crippen LogP contribution in [0.4, 0.5) is 5.82 Å². The first-order valence-corrected chi connectivity index (χ1v) is 13.4. The molecule has 1 aromatic heterocycles. The third-order valence-electron chi connectivity index (χ3n) is 6.00. The molecule has 1 fully saturated rings. The first-order chi connectivity index (χ1) is 16.6. The Morgan fingerprint density at radius 1 is 1.31 bits per heavy atom. The topological polar surface area (TPSA) is 90.8 Å². The van der Waals surface area contributed by atoms with Crippen molar-refractivity contribution in [1.82, 2.24) is 19.2 Å². The van der Waals surface area contributed by atoms with Crippen molar-refractivity contribution in [2.24, 2.45) is 4.99 Å². The molecule has 0 amide bonds. The van der Waals surface area contributed by atoms with Gasteiger partial charge in [-0.25, -0.2) is 22.7 Å². The van der Waals surface area contributed by atoms with E-state index in [2.05, 4.69) is 34.0 Å². The maximum atomic E-state index is 12.0. The van der Waals surface area contributed by atoms with Gasteiger partial charge in [0, 0.05) is 68.5 Å². The summed E-state index contributed by atoms with van der Waals surface area (Å²) >= 11 is 0. The van der Waals surface area contributed by atoms with E-state index in [9.17, 15) is 8.42 Å². The van der Waals surface area contributed by atoms with Crippen molar-refractivity contribution < 1.29 is 8.42 Å². The molecule has 2 aliphatic heterocycles. The predicted octanol–water partition coefficient (Wildman–Crippen LogP) is 3.53. The van der Waals surface area contributed by atoms with Crippen molar-refractivity contribution in [2.45, 2.75) is 25.4 Å². The number of hydrogen-bond acceptors (Lipinski definition) is 7. The number of sulfonamides is 1. The smallest absolute Gasteiger partial charge is 0.211 e. The van der Waals surface area contributed by atoms with E-state index >= 15 is 0 Å². The maximum absolute atomic E-state index is 12.0. The first kappa shape index (κ1) is 24.8. The van der Waals surface area contributed by atoms with Gasteiger partial charge in [0.15, 0.2) is 5.82 Å². The van der Waals surface area contributed by atoms with E-state index in [1.807, 2.05) is 68.8 Å². The summed E-state index contributed by atoms with van der Waals surface area (Å²) in [6.07, 6.45) is 11.5. The highest BCUT2D eigenvalue weighted by Crippen LogP contribution is 2.30. The van der Waals surface area contributed by atoms with Gasteiger partial charge in [-0.2, -0.15) is 0 Å². The molecular formula is C26H32N6O2S. The second kappa shape index (κ2) is 10.1. The van der Waals surface area contributed by atoms with Crippen LogP contribution in [-0.2, 0) is 10.0 Å².